The Morgan fingerprint density at radius 1 is 0.947 bits per heavy atom. The minimum Gasteiger partial charge on any atom is -0.327 e. The summed E-state index contributed by atoms with van der Waals surface area (Å²) < 4.78 is 0. The molecule has 0 aliphatic heterocycles. The first-order chi connectivity index (χ1) is 9.24. The standard InChI is InChI=1S/C15H10ClNOS/c16-10-5-7-11(8-6-10)19-14-9-17-15(18)13-4-2-1-3-12(13)14/h1-9H,(H,17,18). The van der Waals surface area contributed by atoms with Gasteiger partial charge in [0.2, 0.25) is 0 Å². The van der Waals surface area contributed by atoms with Crippen molar-refractivity contribution in [1.29, 1.82) is 0 Å². The SMILES string of the molecule is O=c1[nH]cc(Sc2ccc(Cl)cc2)c2ccccc12. The minimum absolute atomic E-state index is 0.0592. The van der Waals surface area contributed by atoms with E-state index in [0.717, 1.165) is 20.2 Å². The van der Waals surface area contributed by atoms with Gasteiger partial charge in [0.15, 0.2) is 0 Å². The molecule has 0 radical (unpaired) electrons. The zero-order chi connectivity index (χ0) is 13.2. The molecule has 0 unspecified atom stereocenters. The Hall–Kier alpha value is -1.71. The number of pyridine rings is 1. The minimum atomic E-state index is -0.0592. The zero-order valence-corrected chi connectivity index (χ0v) is 11.5. The van der Waals surface area contributed by atoms with Crippen molar-refractivity contribution in [3.05, 3.63) is 70.1 Å². The second-order valence-corrected chi connectivity index (χ2v) is 5.64. The largest absolute Gasteiger partial charge is 0.327 e. The van der Waals surface area contributed by atoms with Gasteiger partial charge in [-0.25, -0.2) is 0 Å². The molecule has 2 nitrogen and oxygen atoms in total. The first kappa shape index (κ1) is 12.3. The van der Waals surface area contributed by atoms with Gasteiger partial charge in [-0.1, -0.05) is 41.6 Å². The lowest BCUT2D eigenvalue weighted by molar-refractivity contribution is 1.22. The Labute approximate surface area is 119 Å². The van der Waals surface area contributed by atoms with Crippen LogP contribution in [0.3, 0.4) is 0 Å². The molecule has 0 amide bonds. The maximum absolute atomic E-state index is 11.7. The zero-order valence-electron chi connectivity index (χ0n) is 9.89. The van der Waals surface area contributed by atoms with Crippen molar-refractivity contribution in [1.82, 2.24) is 4.98 Å². The van der Waals surface area contributed by atoms with Crippen LogP contribution < -0.4 is 5.56 Å². The fraction of sp³-hybridized carbons (Fsp3) is 0. The number of fused-ring (bicyclic) bond motifs is 1. The monoisotopic (exact) mass is 287 g/mol. The van der Waals surface area contributed by atoms with E-state index in [1.54, 1.807) is 18.0 Å². The van der Waals surface area contributed by atoms with Gasteiger partial charge >= 0.3 is 0 Å². The van der Waals surface area contributed by atoms with E-state index in [1.807, 2.05) is 48.5 Å². The highest BCUT2D eigenvalue weighted by molar-refractivity contribution is 7.99. The second-order valence-electron chi connectivity index (χ2n) is 4.08. The number of halogens is 1. The van der Waals surface area contributed by atoms with Crippen LogP contribution in [0.1, 0.15) is 0 Å². The Morgan fingerprint density at radius 2 is 1.63 bits per heavy atom. The average molecular weight is 288 g/mol. The number of aromatic nitrogens is 1. The predicted molar refractivity (Wildman–Crippen MR) is 80.1 cm³/mol. The molecule has 2 aromatic carbocycles. The van der Waals surface area contributed by atoms with Crippen LogP contribution in [0.5, 0.6) is 0 Å². The molecule has 4 heteroatoms. The van der Waals surface area contributed by atoms with Crippen molar-refractivity contribution < 1.29 is 0 Å². The predicted octanol–water partition coefficient (Wildman–Crippen LogP) is 4.33. The van der Waals surface area contributed by atoms with Crippen molar-refractivity contribution in [2.45, 2.75) is 9.79 Å². The topological polar surface area (TPSA) is 32.9 Å². The van der Waals surface area contributed by atoms with Crippen LogP contribution in [-0.2, 0) is 0 Å². The summed E-state index contributed by atoms with van der Waals surface area (Å²) in [6, 6.07) is 15.3. The number of nitrogens with one attached hydrogen (secondary N) is 1. The van der Waals surface area contributed by atoms with Crippen molar-refractivity contribution in [2.24, 2.45) is 0 Å². The maximum Gasteiger partial charge on any atom is 0.255 e. The molecule has 0 saturated carbocycles. The Morgan fingerprint density at radius 3 is 2.37 bits per heavy atom. The summed E-state index contributed by atoms with van der Waals surface area (Å²) in [6.07, 6.45) is 1.75. The lowest BCUT2D eigenvalue weighted by Crippen LogP contribution is -2.05. The third-order valence-corrected chi connectivity index (χ3v) is 4.13. The highest BCUT2D eigenvalue weighted by atomic mass is 35.5. The molecule has 0 saturated heterocycles. The molecule has 0 spiro atoms. The van der Waals surface area contributed by atoms with Gasteiger partial charge < -0.3 is 4.98 Å². The molecule has 0 aliphatic rings. The highest BCUT2D eigenvalue weighted by Gasteiger charge is 2.05. The van der Waals surface area contributed by atoms with Gasteiger partial charge in [-0.15, -0.1) is 0 Å². The third kappa shape index (κ3) is 2.53. The molecule has 3 rings (SSSR count). The molecular formula is C15H10ClNOS. The molecule has 0 bridgehead atoms. The number of benzene rings is 2. The quantitative estimate of drug-likeness (QED) is 0.761. The summed E-state index contributed by atoms with van der Waals surface area (Å²) >= 11 is 7.48. The lowest BCUT2D eigenvalue weighted by Gasteiger charge is -2.05. The van der Waals surface area contributed by atoms with E-state index in [4.69, 9.17) is 11.6 Å². The molecule has 1 N–H and O–H groups in total. The van der Waals surface area contributed by atoms with Crippen molar-refractivity contribution in [3.63, 3.8) is 0 Å². The number of hydrogen-bond donors (Lipinski definition) is 1. The molecule has 1 aromatic heterocycles. The smallest absolute Gasteiger partial charge is 0.255 e. The Bertz CT molecular complexity index is 780. The van der Waals surface area contributed by atoms with Crippen LogP contribution in [0.25, 0.3) is 10.8 Å². The summed E-state index contributed by atoms with van der Waals surface area (Å²) in [6.45, 7) is 0. The Kier molecular flexibility index (Phi) is 3.32. The number of aromatic amines is 1. The van der Waals surface area contributed by atoms with Crippen LogP contribution in [0.15, 0.2) is 69.3 Å². The van der Waals surface area contributed by atoms with E-state index in [2.05, 4.69) is 4.98 Å². The van der Waals surface area contributed by atoms with Gasteiger partial charge in [0.1, 0.15) is 0 Å². The molecular weight excluding hydrogens is 278 g/mol. The van der Waals surface area contributed by atoms with E-state index in [0.29, 0.717) is 5.39 Å². The van der Waals surface area contributed by atoms with Gasteiger partial charge in [0.25, 0.3) is 5.56 Å². The number of H-pyrrole nitrogens is 1. The van der Waals surface area contributed by atoms with Crippen LogP contribution in [0, 0.1) is 0 Å². The summed E-state index contributed by atoms with van der Waals surface area (Å²) in [7, 11) is 0. The van der Waals surface area contributed by atoms with Crippen molar-refractivity contribution in [2.75, 3.05) is 0 Å². The summed E-state index contributed by atoms with van der Waals surface area (Å²) in [5, 5.41) is 2.39. The number of hydrogen-bond acceptors (Lipinski definition) is 2. The van der Waals surface area contributed by atoms with Gasteiger partial charge in [0.05, 0.1) is 0 Å². The van der Waals surface area contributed by atoms with Gasteiger partial charge in [-0.05, 0) is 30.3 Å². The van der Waals surface area contributed by atoms with Crippen LogP contribution in [0.2, 0.25) is 5.02 Å². The van der Waals surface area contributed by atoms with E-state index in [9.17, 15) is 4.79 Å². The van der Waals surface area contributed by atoms with Crippen molar-refractivity contribution in [3.8, 4) is 0 Å². The molecule has 1 heterocycles. The van der Waals surface area contributed by atoms with E-state index < -0.39 is 0 Å². The van der Waals surface area contributed by atoms with E-state index >= 15 is 0 Å². The summed E-state index contributed by atoms with van der Waals surface area (Å²) in [5.74, 6) is 0. The number of rotatable bonds is 2. The first-order valence-electron chi connectivity index (χ1n) is 5.78. The van der Waals surface area contributed by atoms with E-state index in [1.165, 1.54) is 0 Å². The highest BCUT2D eigenvalue weighted by Crippen LogP contribution is 2.32. The van der Waals surface area contributed by atoms with Crippen LogP contribution in [0.4, 0.5) is 0 Å². The van der Waals surface area contributed by atoms with Gasteiger partial charge in [-0.3, -0.25) is 4.79 Å². The molecule has 0 aliphatic carbocycles. The molecule has 19 heavy (non-hydrogen) atoms. The first-order valence-corrected chi connectivity index (χ1v) is 6.97. The molecule has 94 valence electrons. The fourth-order valence-electron chi connectivity index (χ4n) is 1.90. The van der Waals surface area contributed by atoms with Gasteiger partial charge in [-0.2, -0.15) is 0 Å². The van der Waals surface area contributed by atoms with Gasteiger partial charge in [0, 0.05) is 31.8 Å². The fourth-order valence-corrected chi connectivity index (χ4v) is 2.95. The summed E-state index contributed by atoms with van der Waals surface area (Å²) in [5.41, 5.74) is -0.0592. The molecule has 0 fully saturated rings. The normalized spacial score (nSPS) is 10.8. The Balaban J connectivity index is 2.08. The molecule has 0 atom stereocenters. The van der Waals surface area contributed by atoms with Crippen molar-refractivity contribution >= 4 is 34.1 Å². The third-order valence-electron chi connectivity index (χ3n) is 2.81. The summed E-state index contributed by atoms with van der Waals surface area (Å²) in [4.78, 5) is 16.6. The van der Waals surface area contributed by atoms with E-state index in [-0.39, 0.29) is 5.56 Å². The average Bonchev–Trinajstić information content (AvgIpc) is 2.45. The van der Waals surface area contributed by atoms with Crippen LogP contribution in [-0.4, -0.2) is 4.98 Å². The molecule has 3 aromatic rings. The van der Waals surface area contributed by atoms with Crippen LogP contribution >= 0.6 is 23.4 Å². The lowest BCUT2D eigenvalue weighted by atomic mass is 10.2. The maximum atomic E-state index is 11.7. The second kappa shape index (κ2) is 5.11.